The van der Waals surface area contributed by atoms with Crippen LogP contribution in [-0.4, -0.2) is 101 Å². The fourth-order valence-corrected chi connectivity index (χ4v) is 9.10. The van der Waals surface area contributed by atoms with Crippen molar-refractivity contribution in [2.24, 2.45) is 0 Å². The molecule has 0 radical (unpaired) electrons. The van der Waals surface area contributed by atoms with Gasteiger partial charge in [0.15, 0.2) is 11.6 Å². The maximum Gasteiger partial charge on any atom is 0.333 e. The number of para-hydroxylation sites is 2. The van der Waals surface area contributed by atoms with Gasteiger partial charge >= 0.3 is 11.9 Å². The molecule has 0 bridgehead atoms. The Hall–Kier alpha value is -5.94. The zero-order valence-electron chi connectivity index (χ0n) is 41.2. The van der Waals surface area contributed by atoms with E-state index in [0.29, 0.717) is 57.9 Å². The number of fused-ring (bicyclic) bond motifs is 2. The summed E-state index contributed by atoms with van der Waals surface area (Å²) in [6.07, 6.45) is 5.69. The molecule has 0 unspecified atom stereocenters. The average molecular weight is 973 g/mol. The fraction of sp³-hybridized carbons (Fsp3) is 0.385. The quantitative estimate of drug-likeness (QED) is 0.0558. The number of ketones is 2. The molecule has 2 N–H and O–H groups in total. The van der Waals surface area contributed by atoms with E-state index in [0.717, 1.165) is 49.6 Å². The monoisotopic (exact) mass is 972 g/mol. The van der Waals surface area contributed by atoms with Crippen LogP contribution in [-0.2, 0) is 64.8 Å². The molecule has 5 rings (SSSR count). The Balaban J connectivity index is 0.000000337. The molecular weight excluding hydrogens is 905 g/mol. The number of nitrogens with one attached hydrogen (secondary N) is 2. The highest BCUT2D eigenvalue weighted by molar-refractivity contribution is 7.88. The molecule has 14 nitrogen and oxygen atoms in total. The molecule has 0 aliphatic heterocycles. The van der Waals surface area contributed by atoms with Crippen LogP contribution in [0.4, 0.5) is 22.7 Å². The molecule has 16 heteroatoms. The van der Waals surface area contributed by atoms with Gasteiger partial charge in [-0.1, -0.05) is 115 Å². The van der Waals surface area contributed by atoms with Crippen molar-refractivity contribution in [3.63, 3.8) is 0 Å². The fourth-order valence-electron chi connectivity index (χ4n) is 7.35. The first kappa shape index (κ1) is 56.4. The number of ether oxygens (including phenoxy) is 2. The summed E-state index contributed by atoms with van der Waals surface area (Å²) in [5.41, 5.74) is 10.4. The number of hydrogen-bond donors (Lipinski definition) is 2. The minimum atomic E-state index is -3.21. The van der Waals surface area contributed by atoms with Crippen molar-refractivity contribution in [2.75, 3.05) is 62.5 Å². The highest BCUT2D eigenvalue weighted by atomic mass is 32.2. The van der Waals surface area contributed by atoms with Gasteiger partial charge in [0.25, 0.3) is 0 Å². The van der Waals surface area contributed by atoms with Crippen LogP contribution in [0.25, 0.3) is 0 Å². The van der Waals surface area contributed by atoms with Crippen LogP contribution in [0.3, 0.4) is 0 Å². The topological polar surface area (TPSA) is 186 Å². The Morgan fingerprint density at radius 1 is 0.529 bits per heavy atom. The number of hydrogen-bond acceptors (Lipinski definition) is 12. The van der Waals surface area contributed by atoms with E-state index in [2.05, 4.69) is 87.9 Å². The third kappa shape index (κ3) is 15.0. The second-order valence-electron chi connectivity index (χ2n) is 16.0. The molecule has 68 heavy (non-hydrogen) atoms. The van der Waals surface area contributed by atoms with Gasteiger partial charge in [-0.25, -0.2) is 26.4 Å². The molecule has 4 aromatic carbocycles. The standard InChI is InChI=1S/C34H34N2O2.2C9H17NO4S/c1-5-21-13-11-14-22(6-2)31(21)35-27-19-20-28(36-32-23(7-3)15-12-16-24(32)8-4)30-29(27)33(37)25-17-9-10-18-26(25)34(30)38;2*1-5-10(15(4,12)13)6-7-14-9(11)8(2)3/h9-20,35-36H,5-8H2,1-4H3;2*2,5-7H2,1,3-4H3. The Bertz CT molecular complexity index is 2490. The van der Waals surface area contributed by atoms with Crippen LogP contribution in [0.2, 0.25) is 0 Å². The number of rotatable bonds is 20. The van der Waals surface area contributed by atoms with Crippen LogP contribution in [0, 0.1) is 0 Å². The Morgan fingerprint density at radius 3 is 1.09 bits per heavy atom. The lowest BCUT2D eigenvalue weighted by atomic mass is 9.82. The summed E-state index contributed by atoms with van der Waals surface area (Å²) in [6.45, 7) is 23.0. The number of esters is 2. The van der Waals surface area contributed by atoms with E-state index in [-0.39, 0.29) is 37.9 Å². The molecule has 0 fully saturated rings. The molecule has 0 saturated carbocycles. The second kappa shape index (κ2) is 26.0. The van der Waals surface area contributed by atoms with Gasteiger partial charge in [0.05, 0.1) is 35.0 Å². The largest absolute Gasteiger partial charge is 0.461 e. The molecular formula is C52H68N4O10S2. The van der Waals surface area contributed by atoms with E-state index in [9.17, 15) is 36.0 Å². The summed E-state index contributed by atoms with van der Waals surface area (Å²) in [7, 11) is -6.43. The number of carbonyl (C=O) groups is 4. The van der Waals surface area contributed by atoms with E-state index < -0.39 is 32.0 Å². The van der Waals surface area contributed by atoms with Crippen molar-refractivity contribution in [2.45, 2.75) is 81.1 Å². The number of likely N-dealkylation sites (N-methyl/N-ethyl adjacent to an activating group) is 2. The van der Waals surface area contributed by atoms with E-state index in [1.54, 1.807) is 26.0 Å². The van der Waals surface area contributed by atoms with Crippen LogP contribution in [0.5, 0.6) is 0 Å². The maximum absolute atomic E-state index is 14.0. The summed E-state index contributed by atoms with van der Waals surface area (Å²) < 4.78 is 56.6. The number of carbonyl (C=O) groups excluding carboxylic acids is 4. The Labute approximate surface area is 403 Å². The first-order chi connectivity index (χ1) is 32.1. The lowest BCUT2D eigenvalue weighted by Gasteiger charge is -2.26. The lowest BCUT2D eigenvalue weighted by Crippen LogP contribution is -2.33. The zero-order valence-corrected chi connectivity index (χ0v) is 42.8. The SMILES string of the molecule is C=C(C)C(=O)OCCN(CC)S(C)(=O)=O.C=C(C)C(=O)OCCN(CC)S(C)(=O)=O.CCc1cccc(CC)c1Nc1ccc(Nc2c(CC)cccc2CC)c2c1C(=O)c1ccccc1C2=O. The summed E-state index contributed by atoms with van der Waals surface area (Å²) in [6, 6.07) is 23.6. The van der Waals surface area contributed by atoms with Crippen molar-refractivity contribution < 1.29 is 45.5 Å². The third-order valence-corrected chi connectivity index (χ3v) is 13.8. The summed E-state index contributed by atoms with van der Waals surface area (Å²) in [5, 5.41) is 7.18. The minimum absolute atomic E-state index is 0.0482. The molecule has 0 spiro atoms. The van der Waals surface area contributed by atoms with Crippen molar-refractivity contribution in [1.82, 2.24) is 8.61 Å². The van der Waals surface area contributed by atoms with Crippen molar-refractivity contribution in [3.8, 4) is 0 Å². The third-order valence-electron chi connectivity index (χ3n) is 11.1. The van der Waals surface area contributed by atoms with Crippen LogP contribution in [0.15, 0.2) is 97.1 Å². The molecule has 0 atom stereocenters. The highest BCUT2D eigenvalue weighted by Crippen LogP contribution is 2.40. The first-order valence-electron chi connectivity index (χ1n) is 22.8. The van der Waals surface area contributed by atoms with Crippen molar-refractivity contribution in [3.05, 3.63) is 142 Å². The lowest BCUT2D eigenvalue weighted by molar-refractivity contribution is -0.139. The number of anilines is 4. The summed E-state index contributed by atoms with van der Waals surface area (Å²) in [4.78, 5) is 50.0. The molecule has 0 heterocycles. The second-order valence-corrected chi connectivity index (χ2v) is 20.0. The molecule has 1 aliphatic carbocycles. The van der Waals surface area contributed by atoms with E-state index >= 15 is 0 Å². The number of aryl methyl sites for hydroxylation is 4. The van der Waals surface area contributed by atoms with Gasteiger partial charge in [-0.3, -0.25) is 9.59 Å². The predicted molar refractivity (Wildman–Crippen MR) is 272 cm³/mol. The van der Waals surface area contributed by atoms with Gasteiger partial charge in [-0.2, -0.15) is 8.61 Å². The number of sulfonamides is 2. The van der Waals surface area contributed by atoms with Gasteiger partial charge in [0.2, 0.25) is 20.0 Å². The molecule has 4 aromatic rings. The van der Waals surface area contributed by atoms with Crippen LogP contribution < -0.4 is 10.6 Å². The summed E-state index contributed by atoms with van der Waals surface area (Å²) in [5.74, 6) is -1.26. The van der Waals surface area contributed by atoms with Gasteiger partial charge in [0.1, 0.15) is 13.2 Å². The van der Waals surface area contributed by atoms with Crippen LogP contribution >= 0.6 is 0 Å². The number of nitrogens with zero attached hydrogens (tertiary/aromatic N) is 2. The normalized spacial score (nSPS) is 11.9. The number of benzene rings is 4. The van der Waals surface area contributed by atoms with Crippen LogP contribution in [0.1, 0.15) is 109 Å². The Kier molecular flexibility index (Phi) is 21.5. The zero-order chi connectivity index (χ0) is 50.9. The first-order valence-corrected chi connectivity index (χ1v) is 26.5. The Morgan fingerprint density at radius 2 is 0.838 bits per heavy atom. The molecule has 368 valence electrons. The minimum Gasteiger partial charge on any atom is -0.461 e. The van der Waals surface area contributed by atoms with Crippen molar-refractivity contribution >= 4 is 66.3 Å². The molecule has 0 aromatic heterocycles. The van der Waals surface area contributed by atoms with Gasteiger partial charge in [-0.05, 0) is 73.9 Å². The van der Waals surface area contributed by atoms with Crippen molar-refractivity contribution in [1.29, 1.82) is 0 Å². The summed E-state index contributed by atoms with van der Waals surface area (Å²) >= 11 is 0. The molecule has 1 aliphatic rings. The van der Waals surface area contributed by atoms with E-state index in [1.165, 1.54) is 44.7 Å². The van der Waals surface area contributed by atoms with E-state index in [1.807, 2.05) is 24.3 Å². The molecule has 0 amide bonds. The predicted octanol–water partition coefficient (Wildman–Crippen LogP) is 8.97. The van der Waals surface area contributed by atoms with Gasteiger partial charge < -0.3 is 20.1 Å². The average Bonchev–Trinajstić information content (AvgIpc) is 3.30. The van der Waals surface area contributed by atoms with E-state index in [4.69, 9.17) is 9.47 Å². The molecule has 0 saturated heterocycles. The van der Waals surface area contributed by atoms with Gasteiger partial charge in [-0.15, -0.1) is 0 Å². The van der Waals surface area contributed by atoms with Gasteiger partial charge in [0, 0.05) is 59.8 Å². The smallest absolute Gasteiger partial charge is 0.333 e. The highest BCUT2D eigenvalue weighted by Gasteiger charge is 2.34. The maximum atomic E-state index is 14.0.